The van der Waals surface area contributed by atoms with Crippen molar-refractivity contribution in [1.82, 2.24) is 0 Å². The van der Waals surface area contributed by atoms with Crippen molar-refractivity contribution in [2.45, 2.75) is 119 Å². The average molecular weight is 685 g/mol. The first kappa shape index (κ1) is 34.8. The number of fused-ring (bicyclic) bond motifs is 2. The van der Waals surface area contributed by atoms with E-state index >= 15 is 0 Å². The molecule has 1 saturated carbocycles. The second-order valence-electron chi connectivity index (χ2n) is 13.6. The van der Waals surface area contributed by atoms with Crippen LogP contribution in [0.3, 0.4) is 0 Å². The lowest BCUT2D eigenvalue weighted by atomic mass is 9.57. The molecule has 47 heavy (non-hydrogen) atoms. The van der Waals surface area contributed by atoms with E-state index in [2.05, 4.69) is 20.8 Å². The second-order valence-corrected chi connectivity index (χ2v) is 16.0. The van der Waals surface area contributed by atoms with Crippen LogP contribution in [0.5, 0.6) is 0 Å². The van der Waals surface area contributed by atoms with Gasteiger partial charge in [-0.2, -0.15) is 0 Å². The van der Waals surface area contributed by atoms with Gasteiger partial charge in [0.05, 0.1) is 11.1 Å². The summed E-state index contributed by atoms with van der Waals surface area (Å²) in [6.07, 6.45) is 4.28. The molecule has 2 bridgehead atoms. The molecule has 8 nitrogen and oxygen atoms in total. The van der Waals surface area contributed by atoms with Crippen LogP contribution >= 0.6 is 23.5 Å². The number of ether oxygens (including phenoxy) is 4. The highest BCUT2D eigenvalue weighted by Gasteiger charge is 2.71. The molecule has 2 aromatic carbocycles. The summed E-state index contributed by atoms with van der Waals surface area (Å²) in [6.45, 7) is 10.3. The monoisotopic (exact) mass is 684 g/mol. The number of carbonyl (C=O) groups excluding carboxylic acids is 2. The maximum Gasteiger partial charge on any atom is 0.340 e. The molecule has 0 radical (unpaired) electrons. The number of carbonyl (C=O) groups is 2. The minimum absolute atomic E-state index is 0.0460. The van der Waals surface area contributed by atoms with Crippen molar-refractivity contribution in [2.24, 2.45) is 23.7 Å². The van der Waals surface area contributed by atoms with Crippen LogP contribution in [0.4, 0.5) is 0 Å². The molecule has 0 N–H and O–H groups in total. The van der Waals surface area contributed by atoms with Gasteiger partial charge in [0, 0.05) is 34.0 Å². The molecule has 5 fully saturated rings. The van der Waals surface area contributed by atoms with E-state index in [1.54, 1.807) is 29.6 Å². The Bertz CT molecular complexity index is 1420. The number of esters is 2. The molecule has 9 atom stereocenters. The molecule has 4 saturated heterocycles. The summed E-state index contributed by atoms with van der Waals surface area (Å²) in [4.78, 5) is 41.5. The summed E-state index contributed by atoms with van der Waals surface area (Å²) in [5.74, 6) is -0.401. The fourth-order valence-electron chi connectivity index (χ4n) is 7.57. The summed E-state index contributed by atoms with van der Waals surface area (Å²) in [5, 5.41) is 0. The largest absolute Gasteiger partial charge is 0.458 e. The van der Waals surface area contributed by atoms with E-state index in [0.29, 0.717) is 24.0 Å². The quantitative estimate of drug-likeness (QED) is 0.0937. The molecule has 1 aliphatic carbocycles. The van der Waals surface area contributed by atoms with Crippen LogP contribution in [0.25, 0.3) is 0 Å². The van der Waals surface area contributed by atoms with E-state index in [9.17, 15) is 9.59 Å². The number of hydrogen-bond acceptors (Lipinski definition) is 10. The van der Waals surface area contributed by atoms with E-state index in [1.165, 1.54) is 0 Å². The topological polar surface area (TPSA) is 89.5 Å². The third-order valence-corrected chi connectivity index (χ3v) is 12.5. The molecular weight excluding hydrogens is 637 g/mol. The SMILES string of the molecule is CCCCSc1cccc(C(=O)O[C@@H]2O[C@@H]3O[C@]4(C)CC[C@H]5[C@H](C)[C@H](OC(=O)c6cccc(SCCCC)c6)C[C@@H]([C@H]2C)[C@@]35OO4)c1. The Morgan fingerprint density at radius 2 is 1.47 bits per heavy atom. The van der Waals surface area contributed by atoms with Gasteiger partial charge in [-0.05, 0) is 86.4 Å². The van der Waals surface area contributed by atoms with E-state index < -0.39 is 29.9 Å². The van der Waals surface area contributed by atoms with E-state index in [4.69, 9.17) is 28.7 Å². The van der Waals surface area contributed by atoms with Gasteiger partial charge in [0.1, 0.15) is 6.10 Å². The first-order chi connectivity index (χ1) is 22.7. The molecule has 5 aliphatic rings. The first-order valence-electron chi connectivity index (χ1n) is 17.2. The van der Waals surface area contributed by atoms with Crippen LogP contribution in [0.1, 0.15) is 100 Å². The third kappa shape index (κ3) is 7.15. The molecule has 7 rings (SSSR count). The van der Waals surface area contributed by atoms with Crippen LogP contribution < -0.4 is 0 Å². The van der Waals surface area contributed by atoms with Gasteiger partial charge in [0.2, 0.25) is 12.1 Å². The molecular formula is C37H48O8S2. The molecule has 4 heterocycles. The second kappa shape index (κ2) is 14.8. The van der Waals surface area contributed by atoms with Gasteiger partial charge < -0.3 is 18.9 Å². The van der Waals surface area contributed by atoms with Crippen molar-refractivity contribution in [1.29, 1.82) is 0 Å². The summed E-state index contributed by atoms with van der Waals surface area (Å²) >= 11 is 3.49. The summed E-state index contributed by atoms with van der Waals surface area (Å²) in [5.41, 5.74) is 0.109. The van der Waals surface area contributed by atoms with Gasteiger partial charge in [-0.15, -0.1) is 23.5 Å². The molecule has 0 unspecified atom stereocenters. The van der Waals surface area contributed by atoms with Gasteiger partial charge in [-0.25, -0.2) is 19.4 Å². The zero-order valence-electron chi connectivity index (χ0n) is 28.1. The number of thioether (sulfide) groups is 2. The summed E-state index contributed by atoms with van der Waals surface area (Å²) < 4.78 is 25.4. The van der Waals surface area contributed by atoms with Gasteiger partial charge in [-0.3, -0.25) is 0 Å². The summed E-state index contributed by atoms with van der Waals surface area (Å²) in [7, 11) is 0. The lowest BCUT2D eigenvalue weighted by Gasteiger charge is -2.60. The maximum absolute atomic E-state index is 13.6. The fraction of sp³-hybridized carbons (Fsp3) is 0.622. The molecule has 10 heteroatoms. The number of rotatable bonds is 12. The van der Waals surface area contributed by atoms with Crippen molar-refractivity contribution in [3.8, 4) is 0 Å². The highest BCUT2D eigenvalue weighted by atomic mass is 32.2. The minimum Gasteiger partial charge on any atom is -0.458 e. The van der Waals surface area contributed by atoms with Crippen LogP contribution in [-0.2, 0) is 28.7 Å². The number of benzene rings is 2. The standard InChI is InChI=1S/C37H48O8S2/c1-6-8-18-46-27-14-10-12-25(20-27)32(38)40-31-22-30-24(4)34(41-33(39)26-13-11-15-28(21-26)47-19-9-7-2)42-35-37(30)29(23(31)3)16-17-36(5,43-35)44-45-37/h10-15,20-21,23-24,29-31,34-35H,6-9,16-19,22H2,1-5H3/t23-,24+,29-,30-,31+,34+,35+,36-,37+/m0/s1. The van der Waals surface area contributed by atoms with Gasteiger partial charge in [-0.1, -0.05) is 52.7 Å². The predicted octanol–water partition coefficient (Wildman–Crippen LogP) is 8.67. The van der Waals surface area contributed by atoms with Gasteiger partial charge >= 0.3 is 11.9 Å². The molecule has 0 aromatic heterocycles. The van der Waals surface area contributed by atoms with Gasteiger partial charge in [0.15, 0.2) is 11.9 Å². The Kier molecular flexibility index (Phi) is 11.0. The molecule has 2 aromatic rings. The van der Waals surface area contributed by atoms with E-state index in [-0.39, 0.29) is 35.7 Å². The fourth-order valence-corrected chi connectivity index (χ4v) is 9.68. The van der Waals surface area contributed by atoms with Crippen molar-refractivity contribution in [3.63, 3.8) is 0 Å². The van der Waals surface area contributed by atoms with Crippen LogP contribution in [0, 0.1) is 23.7 Å². The maximum atomic E-state index is 13.6. The Morgan fingerprint density at radius 1 is 0.851 bits per heavy atom. The highest BCUT2D eigenvalue weighted by molar-refractivity contribution is 7.99. The normalized spacial score (nSPS) is 34.3. The lowest BCUT2D eigenvalue weighted by Crippen LogP contribution is -2.72. The predicted molar refractivity (Wildman–Crippen MR) is 181 cm³/mol. The summed E-state index contributed by atoms with van der Waals surface area (Å²) in [6, 6.07) is 15.3. The van der Waals surface area contributed by atoms with Crippen molar-refractivity contribution < 1.29 is 38.3 Å². The van der Waals surface area contributed by atoms with E-state index in [1.807, 2.05) is 56.3 Å². The zero-order chi connectivity index (χ0) is 33.2. The van der Waals surface area contributed by atoms with Crippen LogP contribution in [0.15, 0.2) is 58.3 Å². The smallest absolute Gasteiger partial charge is 0.340 e. The molecule has 0 amide bonds. The van der Waals surface area contributed by atoms with Crippen molar-refractivity contribution >= 4 is 35.5 Å². The third-order valence-electron chi connectivity index (χ3n) is 10.3. The van der Waals surface area contributed by atoms with Crippen LogP contribution in [-0.4, -0.2) is 53.5 Å². The molecule has 4 aliphatic heterocycles. The number of unbranched alkanes of at least 4 members (excludes halogenated alkanes) is 2. The molecule has 256 valence electrons. The average Bonchev–Trinajstić information content (AvgIpc) is 3.30. The van der Waals surface area contributed by atoms with Crippen molar-refractivity contribution in [3.05, 3.63) is 59.7 Å². The Balaban J connectivity index is 1.22. The molecule has 1 spiro atoms. The Labute approximate surface area is 287 Å². The lowest BCUT2D eigenvalue weighted by molar-refractivity contribution is -0.577. The first-order valence-corrected chi connectivity index (χ1v) is 19.2. The zero-order valence-corrected chi connectivity index (χ0v) is 29.7. The van der Waals surface area contributed by atoms with Crippen molar-refractivity contribution in [2.75, 3.05) is 11.5 Å². The Hall–Kier alpha value is -2.08. The Morgan fingerprint density at radius 3 is 2.09 bits per heavy atom. The minimum atomic E-state index is -1.00. The van der Waals surface area contributed by atoms with E-state index in [0.717, 1.165) is 53.4 Å². The number of hydrogen-bond donors (Lipinski definition) is 0. The highest BCUT2D eigenvalue weighted by Crippen LogP contribution is 2.61. The van der Waals surface area contributed by atoms with Gasteiger partial charge in [0.25, 0.3) is 0 Å². The van der Waals surface area contributed by atoms with Crippen LogP contribution in [0.2, 0.25) is 0 Å².